The van der Waals surface area contributed by atoms with Gasteiger partial charge in [0.15, 0.2) is 15.3 Å². The number of amides is 6. The zero-order chi connectivity index (χ0) is 82.9. The number of hydroxylamine groups is 2. The molecule has 114 heavy (non-hydrogen) atoms. The summed E-state index contributed by atoms with van der Waals surface area (Å²) in [5.41, 5.74) is 18.4. The second-order valence-electron chi connectivity index (χ2n) is 26.6. The molecule has 0 aromatic heterocycles. The van der Waals surface area contributed by atoms with Crippen molar-refractivity contribution < 1.29 is 96.7 Å². The molecule has 3 unspecified atom stereocenters. The Morgan fingerprint density at radius 3 is 1.07 bits per heavy atom. The number of aliphatic carboxylic acids is 3. The van der Waals surface area contributed by atoms with Crippen molar-refractivity contribution in [2.75, 3.05) is 50.2 Å². The second-order valence-corrected chi connectivity index (χ2v) is 30.4. The number of thioether (sulfide) groups is 3. The summed E-state index contributed by atoms with van der Waals surface area (Å²) in [6, 6.07) is 46.8. The predicted octanol–water partition coefficient (Wildman–Crippen LogP) is 13.4. The molecular weight excluding hydrogens is 1520 g/mol. The number of rotatable bonds is 36. The minimum Gasteiger partial charge on any atom is -0.481 e. The number of carboxylic acid groups (broad SMARTS) is 3. The topological polar surface area (TPSA) is 421 Å². The van der Waals surface area contributed by atoms with Gasteiger partial charge in [-0.25, -0.2) is 24.0 Å². The van der Waals surface area contributed by atoms with Crippen molar-refractivity contribution in [1.82, 2.24) is 26.3 Å². The maximum atomic E-state index is 12.8. The maximum absolute atomic E-state index is 12.8. The molecule has 1 saturated heterocycles. The Hall–Kier alpha value is -10.9. The number of unbranched alkanes of at least 4 members (excludes halogenated alkanes) is 4. The number of nitrogens with zero attached hydrogens (tertiary/aromatic N) is 2. The smallest absolute Gasteiger partial charge is 0.407 e. The molecule has 3 aliphatic carbocycles. The summed E-state index contributed by atoms with van der Waals surface area (Å²) in [5, 5.41) is 44.4. The molecule has 608 valence electrons. The van der Waals surface area contributed by atoms with E-state index in [-0.39, 0.29) is 97.4 Å². The fourth-order valence-corrected chi connectivity index (χ4v) is 14.7. The fraction of sp³-hybridized carbons (Fsp3) is 0.405. The van der Waals surface area contributed by atoms with E-state index in [1.54, 1.807) is 6.07 Å². The minimum atomic E-state index is -1.16. The molecule has 1 aliphatic heterocycles. The fourth-order valence-electron chi connectivity index (χ4n) is 13.0. The number of carbonyl (C=O) groups excluding carboxylic acids is 10. The van der Waals surface area contributed by atoms with Crippen molar-refractivity contribution in [3.05, 3.63) is 179 Å². The van der Waals surface area contributed by atoms with E-state index in [9.17, 15) is 67.4 Å². The van der Waals surface area contributed by atoms with Gasteiger partial charge in [-0.3, -0.25) is 38.4 Å². The number of ether oxygens (including phenoxy) is 3. The van der Waals surface area contributed by atoms with Crippen LogP contribution in [0, 0.1) is 11.3 Å². The Bertz CT molecular complexity index is 4190. The number of fused-ring (bicyclic) bond motifs is 9. The number of imide groups is 1. The van der Waals surface area contributed by atoms with Crippen LogP contribution in [0.25, 0.3) is 33.4 Å². The van der Waals surface area contributed by atoms with E-state index in [1.807, 2.05) is 133 Å². The normalized spacial score (nSPS) is 13.2. The number of nitriles is 1. The number of carbonyl (C=O) groups is 13. The van der Waals surface area contributed by atoms with E-state index < -0.39 is 72.1 Å². The Morgan fingerprint density at radius 1 is 0.456 bits per heavy atom. The first-order valence-corrected chi connectivity index (χ1v) is 40.6. The lowest BCUT2D eigenvalue weighted by atomic mass is 9.98. The van der Waals surface area contributed by atoms with Gasteiger partial charge in [0.25, 0.3) is 11.8 Å². The summed E-state index contributed by atoms with van der Waals surface area (Å²) in [6.07, 6.45) is 4.82. The van der Waals surface area contributed by atoms with Crippen LogP contribution < -0.4 is 27.0 Å². The summed E-state index contributed by atoms with van der Waals surface area (Å²) in [4.78, 5) is 157. The summed E-state index contributed by atoms with van der Waals surface area (Å²) in [7, 11) is 0. The number of alkyl carbamates (subject to hydrolysis) is 3. The van der Waals surface area contributed by atoms with Gasteiger partial charge in [0.1, 0.15) is 37.9 Å². The first kappa shape index (κ1) is 92.0. The molecule has 6 aromatic rings. The average molecular weight is 1620 g/mol. The van der Waals surface area contributed by atoms with Crippen LogP contribution in [-0.4, -0.2) is 164 Å². The molecule has 1 fully saturated rings. The Labute approximate surface area is 675 Å². The van der Waals surface area contributed by atoms with E-state index in [2.05, 4.69) is 33.4 Å². The van der Waals surface area contributed by atoms with Crippen LogP contribution in [0.5, 0.6) is 0 Å². The second kappa shape index (κ2) is 49.6. The third kappa shape index (κ3) is 30.2. The standard InChI is InChI=1S/C28H34N2O6S.C26H26N2O7S.C22H23NO5S.C6H13NO2.C2H3N/c1-19(31)37-17-9-14-25(27(34)29-16-8-2-3-15-26(32)33)30-28(35)36-18-24-22-12-6-4-10-20(22)21-11-5-7-13-23(21)24;1-16(29)36-14-6-11-22(25(32)35-28-23(30)12-13-24(28)31)27-26(33)34-15-21-19-9-4-2-7-17(19)18-8-3-5-10-20(18)21;1-14(24)29-12-6-11-20(21(25)26)23-22(27)28-13-19-17-9-4-2-7-15(17)16-8-3-5-10-18(16)19;7-5-3-1-2-4-6(8)9;1-2-3/h4-7,10-13,24-25H,2-3,8-9,14-18H2,1H3,(H,29,34)(H,30,35)(H,32,33);2-5,7-10,21-22H,6,11-15H2,1H3,(H,27,33);2-5,7-10,19-20H,6,11-13H2,1H3,(H,23,27)(H,25,26);1-5,7H2,(H,8,9);1H3. The monoisotopic (exact) mass is 1620 g/mol. The lowest BCUT2D eigenvalue weighted by Gasteiger charge is -2.21. The Kier molecular flexibility index (Phi) is 40.0. The van der Waals surface area contributed by atoms with Crippen LogP contribution in [0.1, 0.15) is 182 Å². The number of nitrogens with two attached hydrogens (primary N) is 1. The first-order chi connectivity index (χ1) is 54.9. The maximum Gasteiger partial charge on any atom is 0.407 e. The molecule has 3 atom stereocenters. The molecule has 4 aliphatic rings. The van der Waals surface area contributed by atoms with Crippen LogP contribution in [0.3, 0.4) is 0 Å². The summed E-state index contributed by atoms with van der Waals surface area (Å²) < 4.78 is 16.5. The van der Waals surface area contributed by atoms with E-state index in [0.29, 0.717) is 80.4 Å². The van der Waals surface area contributed by atoms with Crippen LogP contribution >= 0.6 is 35.3 Å². The molecule has 0 saturated carbocycles. The summed E-state index contributed by atoms with van der Waals surface area (Å²) in [6.45, 7) is 7.23. The van der Waals surface area contributed by atoms with Crippen molar-refractivity contribution in [2.24, 2.45) is 5.73 Å². The highest BCUT2D eigenvalue weighted by Gasteiger charge is 2.37. The molecule has 0 bridgehead atoms. The van der Waals surface area contributed by atoms with Crippen LogP contribution in [0.2, 0.25) is 0 Å². The highest BCUT2D eigenvalue weighted by atomic mass is 32.2. The number of benzene rings is 6. The molecule has 27 nitrogen and oxygen atoms in total. The van der Waals surface area contributed by atoms with Gasteiger partial charge in [-0.15, -0.1) is 5.06 Å². The summed E-state index contributed by atoms with van der Waals surface area (Å²) in [5.74, 6) is -3.95. The predicted molar refractivity (Wildman–Crippen MR) is 433 cm³/mol. The van der Waals surface area contributed by atoms with E-state index >= 15 is 0 Å². The van der Waals surface area contributed by atoms with Gasteiger partial charge in [0.2, 0.25) is 5.91 Å². The highest BCUT2D eigenvalue weighted by molar-refractivity contribution is 8.14. The van der Waals surface area contributed by atoms with Crippen molar-refractivity contribution in [2.45, 2.75) is 166 Å². The highest BCUT2D eigenvalue weighted by Crippen LogP contribution is 2.47. The van der Waals surface area contributed by atoms with Gasteiger partial charge >= 0.3 is 42.2 Å². The van der Waals surface area contributed by atoms with Crippen molar-refractivity contribution in [1.29, 1.82) is 5.26 Å². The van der Waals surface area contributed by atoms with Gasteiger partial charge < -0.3 is 61.4 Å². The van der Waals surface area contributed by atoms with Crippen LogP contribution in [0.15, 0.2) is 146 Å². The van der Waals surface area contributed by atoms with Crippen LogP contribution in [-0.2, 0) is 67.0 Å². The van der Waals surface area contributed by atoms with Gasteiger partial charge in [-0.2, -0.15) is 5.26 Å². The molecule has 1 heterocycles. The van der Waals surface area contributed by atoms with Crippen LogP contribution in [0.4, 0.5) is 14.4 Å². The molecule has 9 N–H and O–H groups in total. The molecular formula is C84H99N7O20S3. The molecule has 0 radical (unpaired) electrons. The average Bonchev–Trinajstić information content (AvgIpc) is 1.63. The number of nitrogens with one attached hydrogen (secondary N) is 4. The molecule has 6 aromatic carbocycles. The van der Waals surface area contributed by atoms with Gasteiger partial charge in [0.05, 0.1) is 6.07 Å². The van der Waals surface area contributed by atoms with Crippen molar-refractivity contribution in [3.8, 4) is 39.4 Å². The van der Waals surface area contributed by atoms with Gasteiger partial charge in [-0.05, 0) is 138 Å². The SMILES string of the molecule is CC#N.CC(=O)SCCCC(NC(=O)OCC1c2ccccc2-c2ccccc21)C(=O)NCCCCCC(=O)O.CC(=O)SCCCC(NC(=O)OCC1c2ccccc2-c2ccccc21)C(=O)O.CC(=O)SCCCC(NC(=O)OCC1c2ccccc2-c2ccccc21)C(=O)ON1C(=O)CCC1=O.NCCCCCC(=O)O. The zero-order valence-corrected chi connectivity index (χ0v) is 66.7. The van der Waals surface area contributed by atoms with Gasteiger partial charge in [-0.1, -0.05) is 194 Å². The Morgan fingerprint density at radius 2 is 0.754 bits per heavy atom. The number of hydrogen-bond acceptors (Lipinski definition) is 22. The number of hydrogen-bond donors (Lipinski definition) is 8. The van der Waals surface area contributed by atoms with Crippen molar-refractivity contribution >= 4 is 111 Å². The molecule has 0 spiro atoms. The first-order valence-electron chi connectivity index (χ1n) is 37.6. The third-order valence-corrected chi connectivity index (χ3v) is 21.0. The lowest BCUT2D eigenvalue weighted by Crippen LogP contribution is -2.47. The quantitative estimate of drug-likeness (QED) is 0.0103. The lowest BCUT2D eigenvalue weighted by molar-refractivity contribution is -0.199. The van der Waals surface area contributed by atoms with E-state index in [4.69, 9.17) is 40.3 Å². The third-order valence-electron chi connectivity index (χ3n) is 18.3. The van der Waals surface area contributed by atoms with Gasteiger partial charge in [0, 0.05) is 94.9 Å². The zero-order valence-electron chi connectivity index (χ0n) is 64.3. The largest absolute Gasteiger partial charge is 0.481 e. The van der Waals surface area contributed by atoms with E-state index in [0.717, 1.165) is 110 Å². The van der Waals surface area contributed by atoms with E-state index in [1.165, 1.54) is 39.5 Å². The minimum absolute atomic E-state index is 0.00635. The summed E-state index contributed by atoms with van der Waals surface area (Å²) >= 11 is 3.42. The van der Waals surface area contributed by atoms with Crippen molar-refractivity contribution in [3.63, 3.8) is 0 Å². The number of carboxylic acids is 3. The molecule has 30 heteroatoms. The Balaban J connectivity index is 0.000000249. The molecule has 6 amide bonds. The molecule has 10 rings (SSSR count).